The Morgan fingerprint density at radius 2 is 2.09 bits per heavy atom. The average molecular weight is 377 g/mol. The molecule has 0 aromatic carbocycles. The van der Waals surface area contributed by atoms with Gasteiger partial charge in [-0.15, -0.1) is 0 Å². The van der Waals surface area contributed by atoms with Crippen molar-refractivity contribution in [3.63, 3.8) is 0 Å². The molecule has 0 N–H and O–H groups in total. The SMILES string of the molecule is C[C@@H]1CC[C@H]2C(CBr)=C(CF)O[C@@H]3O[C@]4(C)CCC1[C@]32OO4. The van der Waals surface area contributed by atoms with Gasteiger partial charge in [-0.3, -0.25) is 0 Å². The van der Waals surface area contributed by atoms with Crippen molar-refractivity contribution in [3.8, 4) is 0 Å². The highest BCUT2D eigenvalue weighted by atomic mass is 79.9. The topological polar surface area (TPSA) is 36.9 Å². The van der Waals surface area contributed by atoms with Crippen LogP contribution in [0.15, 0.2) is 11.3 Å². The number of rotatable bonds is 2. The van der Waals surface area contributed by atoms with Crippen molar-refractivity contribution >= 4 is 15.9 Å². The quantitative estimate of drug-likeness (QED) is 0.541. The molecule has 22 heavy (non-hydrogen) atoms. The molecule has 4 nitrogen and oxygen atoms in total. The molecule has 0 radical (unpaired) electrons. The average Bonchev–Trinajstić information content (AvgIpc) is 2.74. The lowest BCUT2D eigenvalue weighted by atomic mass is 9.59. The van der Waals surface area contributed by atoms with Gasteiger partial charge in [-0.1, -0.05) is 22.9 Å². The lowest BCUT2D eigenvalue weighted by Crippen LogP contribution is -2.67. The predicted molar refractivity (Wildman–Crippen MR) is 80.7 cm³/mol. The Hall–Kier alpha value is -0.170. The van der Waals surface area contributed by atoms with Crippen molar-refractivity contribution in [1.29, 1.82) is 0 Å². The fourth-order valence-electron chi connectivity index (χ4n) is 4.83. The fraction of sp³-hybridized carbons (Fsp3) is 0.875. The zero-order valence-corrected chi connectivity index (χ0v) is 14.5. The van der Waals surface area contributed by atoms with Gasteiger partial charge < -0.3 is 9.47 Å². The van der Waals surface area contributed by atoms with Crippen LogP contribution in [0.4, 0.5) is 4.39 Å². The normalized spacial score (nSPS) is 50.4. The lowest BCUT2D eigenvalue weighted by molar-refractivity contribution is -0.556. The van der Waals surface area contributed by atoms with Gasteiger partial charge in [-0.05, 0) is 37.7 Å². The van der Waals surface area contributed by atoms with Gasteiger partial charge in [-0.25, -0.2) is 14.2 Å². The molecule has 2 bridgehead atoms. The standard InChI is InChI=1S/C16H22BrFO4/c1-9-3-4-12-10(7-17)13(8-18)19-14-16(12)11(9)5-6-15(2,20-14)21-22-16/h9,11-12,14H,3-8H2,1-2H3/t9-,11?,12+,14-,15+,16-/m1/s1. The summed E-state index contributed by atoms with van der Waals surface area (Å²) in [6, 6.07) is 0. The highest BCUT2D eigenvalue weighted by molar-refractivity contribution is 9.09. The van der Waals surface area contributed by atoms with Crippen molar-refractivity contribution in [2.45, 2.75) is 57.2 Å². The fourth-order valence-corrected chi connectivity index (χ4v) is 5.53. The third-order valence-corrected chi connectivity index (χ3v) is 6.62. The molecule has 5 aliphatic rings. The molecule has 4 fully saturated rings. The largest absolute Gasteiger partial charge is 0.463 e. The molecule has 3 saturated heterocycles. The Kier molecular flexibility index (Phi) is 3.61. The lowest BCUT2D eigenvalue weighted by Gasteiger charge is -2.57. The third kappa shape index (κ3) is 1.90. The van der Waals surface area contributed by atoms with Gasteiger partial charge in [0, 0.05) is 23.6 Å². The van der Waals surface area contributed by atoms with E-state index in [-0.39, 0.29) is 5.92 Å². The Labute approximate surface area is 138 Å². The summed E-state index contributed by atoms with van der Waals surface area (Å²) in [7, 11) is 0. The van der Waals surface area contributed by atoms with Crippen LogP contribution in [0.2, 0.25) is 0 Å². The Bertz CT molecular complexity index is 512. The first-order valence-corrected chi connectivity index (χ1v) is 9.21. The van der Waals surface area contributed by atoms with E-state index in [0.717, 1.165) is 31.3 Å². The first-order chi connectivity index (χ1) is 10.5. The minimum absolute atomic E-state index is 0.0835. The van der Waals surface area contributed by atoms with Crippen LogP contribution in [-0.4, -0.2) is 29.7 Å². The summed E-state index contributed by atoms with van der Waals surface area (Å²) in [5, 5.41) is 0.590. The van der Waals surface area contributed by atoms with E-state index in [1.54, 1.807) is 0 Å². The maximum absolute atomic E-state index is 13.5. The zero-order chi connectivity index (χ0) is 15.5. The van der Waals surface area contributed by atoms with Crippen LogP contribution in [-0.2, 0) is 19.2 Å². The van der Waals surface area contributed by atoms with Crippen molar-refractivity contribution in [1.82, 2.24) is 0 Å². The van der Waals surface area contributed by atoms with Crippen molar-refractivity contribution in [2.24, 2.45) is 17.8 Å². The molecule has 4 aliphatic heterocycles. The van der Waals surface area contributed by atoms with Crippen LogP contribution < -0.4 is 0 Å². The van der Waals surface area contributed by atoms with Gasteiger partial charge in [0.25, 0.3) is 0 Å². The molecule has 0 amide bonds. The van der Waals surface area contributed by atoms with Crippen molar-refractivity contribution < 1.29 is 23.6 Å². The van der Waals surface area contributed by atoms with Gasteiger partial charge in [0.2, 0.25) is 12.1 Å². The number of hydrogen-bond donors (Lipinski definition) is 0. The molecule has 124 valence electrons. The number of alkyl halides is 2. The summed E-state index contributed by atoms with van der Waals surface area (Å²) in [5.74, 6) is 0.505. The van der Waals surface area contributed by atoms with E-state index >= 15 is 0 Å². The molecule has 1 aliphatic carbocycles. The van der Waals surface area contributed by atoms with Crippen LogP contribution in [0, 0.1) is 17.8 Å². The first kappa shape index (κ1) is 15.4. The van der Waals surface area contributed by atoms with E-state index < -0.39 is 24.4 Å². The molecule has 0 aromatic heterocycles. The van der Waals surface area contributed by atoms with E-state index in [0.29, 0.717) is 22.9 Å². The first-order valence-electron chi connectivity index (χ1n) is 8.09. The highest BCUT2D eigenvalue weighted by Gasteiger charge is 2.68. The summed E-state index contributed by atoms with van der Waals surface area (Å²) in [6.07, 6.45) is 3.23. The van der Waals surface area contributed by atoms with Crippen molar-refractivity contribution in [2.75, 3.05) is 12.0 Å². The van der Waals surface area contributed by atoms with Crippen LogP contribution >= 0.6 is 15.9 Å². The second-order valence-electron chi connectivity index (χ2n) is 7.19. The third-order valence-electron chi connectivity index (χ3n) is 6.01. The van der Waals surface area contributed by atoms with Gasteiger partial charge in [-0.2, -0.15) is 0 Å². The number of hydrogen-bond acceptors (Lipinski definition) is 4. The summed E-state index contributed by atoms with van der Waals surface area (Å²) in [5.41, 5.74) is 0.323. The number of allylic oxidation sites excluding steroid dienone is 1. The number of ether oxygens (including phenoxy) is 2. The Balaban J connectivity index is 1.86. The predicted octanol–water partition coefficient (Wildman–Crippen LogP) is 3.85. The molecule has 1 unspecified atom stereocenters. The Morgan fingerprint density at radius 3 is 2.82 bits per heavy atom. The molecule has 1 saturated carbocycles. The highest BCUT2D eigenvalue weighted by Crippen LogP contribution is 2.60. The second-order valence-corrected chi connectivity index (χ2v) is 7.75. The molecule has 6 atom stereocenters. The van der Waals surface area contributed by atoms with Crippen molar-refractivity contribution in [3.05, 3.63) is 11.3 Å². The summed E-state index contributed by atoms with van der Waals surface area (Å²) < 4.78 is 25.5. The van der Waals surface area contributed by atoms with E-state index in [1.165, 1.54) is 0 Å². The summed E-state index contributed by atoms with van der Waals surface area (Å²) in [4.78, 5) is 11.7. The van der Waals surface area contributed by atoms with Crippen LogP contribution in [0.1, 0.15) is 39.5 Å². The molecule has 0 aromatic rings. The summed E-state index contributed by atoms with van der Waals surface area (Å²) >= 11 is 3.50. The minimum atomic E-state index is -0.801. The summed E-state index contributed by atoms with van der Waals surface area (Å²) in [6.45, 7) is 3.53. The van der Waals surface area contributed by atoms with Crippen LogP contribution in [0.25, 0.3) is 0 Å². The zero-order valence-electron chi connectivity index (χ0n) is 12.9. The monoisotopic (exact) mass is 376 g/mol. The second kappa shape index (κ2) is 5.16. The van der Waals surface area contributed by atoms with Gasteiger partial charge in [0.05, 0.1) is 0 Å². The van der Waals surface area contributed by atoms with Gasteiger partial charge in [0.1, 0.15) is 12.4 Å². The van der Waals surface area contributed by atoms with Gasteiger partial charge >= 0.3 is 0 Å². The maximum atomic E-state index is 13.5. The van der Waals surface area contributed by atoms with E-state index in [9.17, 15) is 4.39 Å². The van der Waals surface area contributed by atoms with Crippen LogP contribution in [0.3, 0.4) is 0 Å². The minimum Gasteiger partial charge on any atom is -0.463 e. The van der Waals surface area contributed by atoms with Gasteiger partial charge in [0.15, 0.2) is 5.60 Å². The van der Waals surface area contributed by atoms with Crippen LogP contribution in [0.5, 0.6) is 0 Å². The van der Waals surface area contributed by atoms with E-state index in [2.05, 4.69) is 22.9 Å². The number of fused-ring (bicyclic) bond motifs is 2. The molecular weight excluding hydrogens is 355 g/mol. The molecule has 1 spiro atoms. The smallest absolute Gasteiger partial charge is 0.235 e. The maximum Gasteiger partial charge on any atom is 0.235 e. The molecule has 4 heterocycles. The number of halogens is 2. The van der Waals surface area contributed by atoms with E-state index in [1.807, 2.05) is 6.92 Å². The molecule has 6 heteroatoms. The Morgan fingerprint density at radius 1 is 1.27 bits per heavy atom. The molecular formula is C16H22BrFO4. The molecule has 5 rings (SSSR count). The van der Waals surface area contributed by atoms with E-state index in [4.69, 9.17) is 19.2 Å².